The van der Waals surface area contributed by atoms with Gasteiger partial charge < -0.3 is 20.5 Å². The van der Waals surface area contributed by atoms with Crippen LogP contribution in [0.3, 0.4) is 0 Å². The minimum absolute atomic E-state index is 0.0197. The molecule has 1 saturated carbocycles. The van der Waals surface area contributed by atoms with Crippen molar-refractivity contribution in [3.8, 4) is 11.1 Å². The molecule has 7 heteroatoms. The number of carbonyl (C=O) groups excluding carboxylic acids is 2. The van der Waals surface area contributed by atoms with E-state index < -0.39 is 18.1 Å². The molecule has 0 radical (unpaired) electrons. The summed E-state index contributed by atoms with van der Waals surface area (Å²) in [5.41, 5.74) is 4.71. The molecule has 1 unspecified atom stereocenters. The second-order valence-corrected chi connectivity index (χ2v) is 8.96. The van der Waals surface area contributed by atoms with Gasteiger partial charge in [0.2, 0.25) is 5.91 Å². The number of fused-ring (bicyclic) bond motifs is 3. The van der Waals surface area contributed by atoms with Crippen LogP contribution in [0, 0.1) is 5.92 Å². The first-order valence-electron chi connectivity index (χ1n) is 11.6. The fourth-order valence-corrected chi connectivity index (χ4v) is 4.89. The third kappa shape index (κ3) is 5.18. The monoisotopic (exact) mass is 450 g/mol. The summed E-state index contributed by atoms with van der Waals surface area (Å²) in [6, 6.07) is 15.5. The lowest BCUT2D eigenvalue weighted by molar-refractivity contribution is -0.142. The Morgan fingerprint density at radius 2 is 1.64 bits per heavy atom. The number of nitrogens with one attached hydrogen (secondary N) is 2. The third-order valence-electron chi connectivity index (χ3n) is 6.59. The van der Waals surface area contributed by atoms with Crippen LogP contribution in [0.2, 0.25) is 0 Å². The van der Waals surface area contributed by atoms with Gasteiger partial charge in [0.05, 0.1) is 0 Å². The van der Waals surface area contributed by atoms with Crippen LogP contribution in [0.4, 0.5) is 4.79 Å². The van der Waals surface area contributed by atoms with E-state index in [1.807, 2.05) is 31.2 Å². The summed E-state index contributed by atoms with van der Waals surface area (Å²) in [5.74, 6) is -1.10. The van der Waals surface area contributed by atoms with E-state index in [9.17, 15) is 14.4 Å². The molecular weight excluding hydrogens is 420 g/mol. The van der Waals surface area contributed by atoms with Crippen molar-refractivity contribution in [1.29, 1.82) is 0 Å². The Bertz CT molecular complexity index is 985. The van der Waals surface area contributed by atoms with Gasteiger partial charge in [0.25, 0.3) is 0 Å². The number of carboxylic acids is 1. The van der Waals surface area contributed by atoms with Crippen LogP contribution in [0.1, 0.15) is 56.1 Å². The molecule has 33 heavy (non-hydrogen) atoms. The van der Waals surface area contributed by atoms with Crippen molar-refractivity contribution in [3.05, 3.63) is 59.7 Å². The summed E-state index contributed by atoms with van der Waals surface area (Å²) < 4.78 is 5.57. The molecule has 7 nitrogen and oxygen atoms in total. The van der Waals surface area contributed by atoms with E-state index in [0.717, 1.165) is 0 Å². The number of carboxylic acid groups (broad SMARTS) is 1. The summed E-state index contributed by atoms with van der Waals surface area (Å²) in [7, 11) is 0. The van der Waals surface area contributed by atoms with Crippen LogP contribution in [-0.2, 0) is 14.3 Å². The van der Waals surface area contributed by atoms with Crippen LogP contribution >= 0.6 is 0 Å². The minimum Gasteiger partial charge on any atom is -0.480 e. The van der Waals surface area contributed by atoms with E-state index in [-0.39, 0.29) is 36.8 Å². The summed E-state index contributed by atoms with van der Waals surface area (Å²) in [6.45, 7) is 2.15. The molecule has 3 N–H and O–H groups in total. The van der Waals surface area contributed by atoms with Crippen LogP contribution < -0.4 is 10.6 Å². The highest BCUT2D eigenvalue weighted by atomic mass is 16.5. The quantitative estimate of drug-likeness (QED) is 0.534. The molecule has 0 saturated heterocycles. The molecule has 2 amide bonds. The van der Waals surface area contributed by atoms with Gasteiger partial charge in [-0.15, -0.1) is 0 Å². The number of hydrogen-bond acceptors (Lipinski definition) is 4. The molecular formula is C26H30N2O5. The average molecular weight is 451 g/mol. The molecule has 1 fully saturated rings. The summed E-state index contributed by atoms with van der Waals surface area (Å²) in [6.07, 6.45) is 2.30. The molecule has 2 aromatic rings. The second-order valence-electron chi connectivity index (χ2n) is 8.96. The molecule has 174 valence electrons. The van der Waals surface area contributed by atoms with E-state index in [0.29, 0.717) is 25.7 Å². The fourth-order valence-electron chi connectivity index (χ4n) is 4.89. The van der Waals surface area contributed by atoms with Gasteiger partial charge in [0.15, 0.2) is 0 Å². The Labute approximate surface area is 193 Å². The number of amides is 2. The molecule has 2 aliphatic carbocycles. The van der Waals surface area contributed by atoms with Gasteiger partial charge in [-0.2, -0.15) is 0 Å². The molecule has 0 heterocycles. The molecule has 1 atom stereocenters. The topological polar surface area (TPSA) is 105 Å². The summed E-state index contributed by atoms with van der Waals surface area (Å²) in [5, 5.41) is 14.6. The number of aliphatic carboxylic acids is 1. The molecule has 0 bridgehead atoms. The van der Waals surface area contributed by atoms with E-state index in [4.69, 9.17) is 9.84 Å². The number of carbonyl (C=O) groups is 3. The molecule has 0 aliphatic heterocycles. The minimum atomic E-state index is -1.01. The molecule has 2 aliphatic rings. The molecule has 0 aromatic heterocycles. The van der Waals surface area contributed by atoms with Crippen molar-refractivity contribution in [2.45, 2.75) is 57.0 Å². The zero-order valence-corrected chi connectivity index (χ0v) is 18.8. The maximum atomic E-state index is 12.4. The smallest absolute Gasteiger partial charge is 0.407 e. The van der Waals surface area contributed by atoms with Crippen molar-refractivity contribution in [3.63, 3.8) is 0 Å². The molecule has 0 spiro atoms. The van der Waals surface area contributed by atoms with Crippen LogP contribution in [-0.4, -0.2) is 41.8 Å². The summed E-state index contributed by atoms with van der Waals surface area (Å²) in [4.78, 5) is 35.7. The van der Waals surface area contributed by atoms with Crippen molar-refractivity contribution in [1.82, 2.24) is 10.6 Å². The van der Waals surface area contributed by atoms with Crippen molar-refractivity contribution >= 4 is 18.0 Å². The largest absolute Gasteiger partial charge is 0.480 e. The number of ether oxygens (including phenoxy) is 1. The number of hydrogen-bond donors (Lipinski definition) is 3. The normalized spacial score (nSPS) is 19.5. The highest BCUT2D eigenvalue weighted by Gasteiger charge is 2.34. The highest BCUT2D eigenvalue weighted by molar-refractivity contribution is 5.83. The standard InChI is InChI=1S/C26H30N2O5/c1-2-7-23(25(30)31)28-24(29)14-16-12-17(13-16)27-26(32)33-15-22-20-10-5-3-8-18(20)19-9-4-6-11-21(19)22/h3-6,8-11,16-17,22-23H,2,7,12-15H2,1H3,(H,27,32)(H,28,29)(H,30,31). The Hall–Kier alpha value is -3.35. The SMILES string of the molecule is CCCC(NC(=O)CC1CC(NC(=O)OCC2c3ccccc3-c3ccccc32)C1)C(=O)O. The lowest BCUT2D eigenvalue weighted by Crippen LogP contribution is -2.47. The van der Waals surface area contributed by atoms with Gasteiger partial charge in [-0.1, -0.05) is 61.9 Å². The van der Waals surface area contributed by atoms with Gasteiger partial charge in [-0.25, -0.2) is 9.59 Å². The first-order chi connectivity index (χ1) is 16.0. The average Bonchev–Trinajstić information content (AvgIpc) is 3.09. The number of benzene rings is 2. The van der Waals surface area contributed by atoms with Gasteiger partial charge in [-0.05, 0) is 47.4 Å². The van der Waals surface area contributed by atoms with Crippen LogP contribution in [0.5, 0.6) is 0 Å². The Kier molecular flexibility index (Phi) is 6.96. The number of alkyl carbamates (subject to hydrolysis) is 1. The van der Waals surface area contributed by atoms with E-state index in [2.05, 4.69) is 34.9 Å². The Balaban J connectivity index is 1.22. The van der Waals surface area contributed by atoms with E-state index >= 15 is 0 Å². The van der Waals surface area contributed by atoms with Gasteiger partial charge in [0.1, 0.15) is 12.6 Å². The first kappa shape index (κ1) is 22.8. The lowest BCUT2D eigenvalue weighted by atomic mass is 9.78. The Morgan fingerprint density at radius 1 is 1.03 bits per heavy atom. The first-order valence-corrected chi connectivity index (χ1v) is 11.6. The van der Waals surface area contributed by atoms with Gasteiger partial charge in [-0.3, -0.25) is 4.79 Å². The maximum absolute atomic E-state index is 12.4. The third-order valence-corrected chi connectivity index (χ3v) is 6.59. The van der Waals surface area contributed by atoms with Gasteiger partial charge in [0, 0.05) is 18.4 Å². The van der Waals surface area contributed by atoms with E-state index in [1.54, 1.807) is 0 Å². The zero-order valence-electron chi connectivity index (χ0n) is 18.8. The van der Waals surface area contributed by atoms with Crippen molar-refractivity contribution in [2.75, 3.05) is 6.61 Å². The Morgan fingerprint density at radius 3 is 2.21 bits per heavy atom. The van der Waals surface area contributed by atoms with Crippen molar-refractivity contribution < 1.29 is 24.2 Å². The predicted molar refractivity (Wildman–Crippen MR) is 124 cm³/mol. The molecule has 2 aromatic carbocycles. The second kappa shape index (κ2) is 10.1. The number of rotatable bonds is 9. The maximum Gasteiger partial charge on any atom is 0.407 e. The highest BCUT2D eigenvalue weighted by Crippen LogP contribution is 2.44. The predicted octanol–water partition coefficient (Wildman–Crippen LogP) is 4.06. The fraction of sp³-hybridized carbons (Fsp3) is 0.423. The van der Waals surface area contributed by atoms with Crippen LogP contribution in [0.15, 0.2) is 48.5 Å². The van der Waals surface area contributed by atoms with Crippen LogP contribution in [0.25, 0.3) is 11.1 Å². The van der Waals surface area contributed by atoms with E-state index in [1.165, 1.54) is 22.3 Å². The zero-order chi connectivity index (χ0) is 23.4. The lowest BCUT2D eigenvalue weighted by Gasteiger charge is -2.35. The molecule has 4 rings (SSSR count). The summed E-state index contributed by atoms with van der Waals surface area (Å²) >= 11 is 0. The van der Waals surface area contributed by atoms with Crippen molar-refractivity contribution in [2.24, 2.45) is 5.92 Å². The van der Waals surface area contributed by atoms with Gasteiger partial charge >= 0.3 is 12.1 Å².